The van der Waals surface area contributed by atoms with Crippen LogP contribution < -0.4 is 4.72 Å². The summed E-state index contributed by atoms with van der Waals surface area (Å²) in [5, 5.41) is 29.6. The van der Waals surface area contributed by atoms with Gasteiger partial charge in [0, 0.05) is 29.2 Å². The van der Waals surface area contributed by atoms with Gasteiger partial charge in [0.05, 0.1) is 26.1 Å². The van der Waals surface area contributed by atoms with E-state index in [4.69, 9.17) is 0 Å². The highest BCUT2D eigenvalue weighted by molar-refractivity contribution is 7.92. The van der Waals surface area contributed by atoms with Crippen LogP contribution in [-0.4, -0.2) is 46.1 Å². The first-order valence-electron chi connectivity index (χ1n) is 10.8. The van der Waals surface area contributed by atoms with Crippen LogP contribution in [0.3, 0.4) is 0 Å². The lowest BCUT2D eigenvalue weighted by molar-refractivity contribution is -0.385. The van der Waals surface area contributed by atoms with Crippen molar-refractivity contribution >= 4 is 63.5 Å². The van der Waals surface area contributed by atoms with Gasteiger partial charge in [-0.25, -0.2) is 16.8 Å². The maximum atomic E-state index is 13.1. The van der Waals surface area contributed by atoms with E-state index in [1.54, 1.807) is 0 Å². The number of fused-ring (bicyclic) bond motifs is 1. The molecule has 4 aromatic carbocycles. The molecule has 4 aromatic rings. The molecule has 0 saturated heterocycles. The van der Waals surface area contributed by atoms with Gasteiger partial charge < -0.3 is 5.11 Å². The average molecular weight is 607 g/mol. The van der Waals surface area contributed by atoms with Crippen LogP contribution in [-0.2, 0) is 30.0 Å². The Bertz CT molecular complexity index is 2040. The van der Waals surface area contributed by atoms with Crippen LogP contribution in [0.25, 0.3) is 10.8 Å². The van der Waals surface area contributed by atoms with Crippen molar-refractivity contribution in [2.24, 2.45) is 10.2 Å². The maximum Gasteiger partial charge on any atom is 0.294 e. The Kier molecular flexibility index (Phi) is 7.33. The molecule has 208 valence electrons. The Labute approximate surface area is 227 Å². The summed E-state index contributed by atoms with van der Waals surface area (Å²) < 4.78 is 85.2. The predicted octanol–water partition coefficient (Wildman–Crippen LogP) is 4.32. The molecular weight excluding hydrogens is 588 g/mol. The minimum Gasteiger partial charge on any atom is -0.507 e. The van der Waals surface area contributed by atoms with Crippen molar-refractivity contribution in [1.29, 1.82) is 0 Å². The van der Waals surface area contributed by atoms with Crippen LogP contribution in [0.15, 0.2) is 97.7 Å². The zero-order chi connectivity index (χ0) is 29.5. The number of azo groups is 1. The molecule has 17 heteroatoms. The minimum atomic E-state index is -4.69. The standard InChI is InChI=1S/C23H18N4O10S3/c1-38(31,32)22-12-14(27(29)30)8-9-18(22)24-25-19-10-11-21(28)17-6-3-7-20(23(17)19)26-39(33,34)15-4-2-5-16(13-15)40(35,36)37/h2-13,26,28H,1H3,(H,35,36,37). The molecule has 0 fully saturated rings. The van der Waals surface area contributed by atoms with Gasteiger partial charge in [0.2, 0.25) is 0 Å². The lowest BCUT2D eigenvalue weighted by Gasteiger charge is -2.13. The summed E-state index contributed by atoms with van der Waals surface area (Å²) in [7, 11) is -13.1. The fourth-order valence-corrected chi connectivity index (χ4v) is 6.19. The molecule has 14 nitrogen and oxygen atoms in total. The van der Waals surface area contributed by atoms with Crippen LogP contribution >= 0.6 is 0 Å². The van der Waals surface area contributed by atoms with Crippen molar-refractivity contribution in [3.63, 3.8) is 0 Å². The van der Waals surface area contributed by atoms with Crippen molar-refractivity contribution in [2.75, 3.05) is 11.0 Å². The Balaban J connectivity index is 1.85. The first kappa shape index (κ1) is 28.6. The predicted molar refractivity (Wildman–Crippen MR) is 143 cm³/mol. The van der Waals surface area contributed by atoms with Crippen molar-refractivity contribution < 1.29 is 39.8 Å². The van der Waals surface area contributed by atoms with Crippen LogP contribution in [0, 0.1) is 10.1 Å². The molecule has 0 heterocycles. The zero-order valence-electron chi connectivity index (χ0n) is 20.2. The number of hydrogen-bond donors (Lipinski definition) is 3. The number of hydrogen-bond acceptors (Lipinski definition) is 11. The van der Waals surface area contributed by atoms with Crippen LogP contribution in [0.5, 0.6) is 5.75 Å². The first-order valence-corrected chi connectivity index (χ1v) is 15.6. The number of anilines is 1. The van der Waals surface area contributed by atoms with E-state index in [-0.39, 0.29) is 33.6 Å². The fourth-order valence-electron chi connectivity index (χ4n) is 3.65. The second kappa shape index (κ2) is 10.3. The van der Waals surface area contributed by atoms with Gasteiger partial charge in [-0.2, -0.15) is 8.42 Å². The molecule has 0 radical (unpaired) electrons. The molecule has 0 aliphatic heterocycles. The van der Waals surface area contributed by atoms with E-state index in [0.717, 1.165) is 48.7 Å². The van der Waals surface area contributed by atoms with Gasteiger partial charge in [-0.3, -0.25) is 19.4 Å². The fraction of sp³-hybridized carbons (Fsp3) is 0.0435. The average Bonchev–Trinajstić information content (AvgIpc) is 2.87. The van der Waals surface area contributed by atoms with Gasteiger partial charge in [-0.15, -0.1) is 10.2 Å². The lowest BCUT2D eigenvalue weighted by atomic mass is 10.1. The number of rotatable bonds is 8. The Morgan fingerprint density at radius 2 is 1.45 bits per heavy atom. The molecule has 4 rings (SSSR count). The summed E-state index contributed by atoms with van der Waals surface area (Å²) in [5.74, 6) is -0.254. The van der Waals surface area contributed by atoms with Gasteiger partial charge >= 0.3 is 0 Å². The quantitative estimate of drug-likeness (QED) is 0.111. The van der Waals surface area contributed by atoms with E-state index in [2.05, 4.69) is 15.0 Å². The van der Waals surface area contributed by atoms with E-state index < -0.39 is 55.3 Å². The Hall–Kier alpha value is -4.45. The molecule has 0 atom stereocenters. The number of sulfone groups is 1. The Morgan fingerprint density at radius 3 is 2.10 bits per heavy atom. The molecule has 0 aliphatic rings. The van der Waals surface area contributed by atoms with Crippen molar-refractivity contribution in [3.05, 3.63) is 82.9 Å². The topological polar surface area (TPSA) is 223 Å². The van der Waals surface area contributed by atoms with Crippen LogP contribution in [0.4, 0.5) is 22.7 Å². The summed E-state index contributed by atoms with van der Waals surface area (Å²) >= 11 is 0. The van der Waals surface area contributed by atoms with Gasteiger partial charge in [0.1, 0.15) is 16.3 Å². The second-order valence-electron chi connectivity index (χ2n) is 8.27. The zero-order valence-corrected chi connectivity index (χ0v) is 22.6. The third kappa shape index (κ3) is 5.91. The van der Waals surface area contributed by atoms with E-state index in [9.17, 15) is 45.0 Å². The number of nitro groups is 1. The number of nitrogens with zero attached hydrogens (tertiary/aromatic N) is 3. The maximum absolute atomic E-state index is 13.1. The highest BCUT2D eigenvalue weighted by atomic mass is 32.2. The molecule has 0 spiro atoms. The largest absolute Gasteiger partial charge is 0.507 e. The van der Waals surface area contributed by atoms with Crippen LogP contribution in [0.1, 0.15) is 0 Å². The number of benzene rings is 4. The third-order valence-electron chi connectivity index (χ3n) is 5.47. The molecule has 0 bridgehead atoms. The van der Waals surface area contributed by atoms with Crippen molar-refractivity contribution in [1.82, 2.24) is 0 Å². The Morgan fingerprint density at radius 1 is 0.825 bits per heavy atom. The van der Waals surface area contributed by atoms with Gasteiger partial charge in [-0.1, -0.05) is 18.2 Å². The summed E-state index contributed by atoms with van der Waals surface area (Å²) in [6.45, 7) is 0. The monoisotopic (exact) mass is 606 g/mol. The number of phenolic OH excluding ortho intramolecular Hbond substituents is 1. The molecular formula is C23H18N4O10S3. The van der Waals surface area contributed by atoms with Gasteiger partial charge in [-0.05, 0) is 42.5 Å². The molecule has 0 unspecified atom stereocenters. The van der Waals surface area contributed by atoms with Gasteiger partial charge in [0.15, 0.2) is 9.84 Å². The van der Waals surface area contributed by atoms with E-state index in [0.29, 0.717) is 0 Å². The highest BCUT2D eigenvalue weighted by Crippen LogP contribution is 2.40. The molecule has 0 amide bonds. The molecule has 40 heavy (non-hydrogen) atoms. The highest BCUT2D eigenvalue weighted by Gasteiger charge is 2.22. The molecule has 0 aromatic heterocycles. The summed E-state index contributed by atoms with van der Waals surface area (Å²) in [6, 6.07) is 13.7. The second-order valence-corrected chi connectivity index (χ2v) is 13.4. The molecule has 3 N–H and O–H groups in total. The summed E-state index contributed by atoms with van der Waals surface area (Å²) in [6.07, 6.45) is 0.838. The number of nitro benzene ring substituents is 1. The lowest BCUT2D eigenvalue weighted by Crippen LogP contribution is -2.14. The number of non-ortho nitro benzene ring substituents is 1. The summed E-state index contributed by atoms with van der Waals surface area (Å²) in [5.41, 5.74) is -0.833. The third-order valence-corrected chi connectivity index (χ3v) is 8.81. The number of nitrogens with one attached hydrogen (secondary N) is 1. The SMILES string of the molecule is CS(=O)(=O)c1cc([N+](=O)[O-])ccc1N=Nc1ccc(O)c2cccc(NS(=O)(=O)c3cccc(S(=O)(=O)O)c3)c12. The van der Waals surface area contributed by atoms with Crippen LogP contribution in [0.2, 0.25) is 0 Å². The number of aromatic hydroxyl groups is 1. The number of sulfonamides is 1. The molecule has 0 saturated carbocycles. The van der Waals surface area contributed by atoms with Crippen molar-refractivity contribution in [3.8, 4) is 5.75 Å². The summed E-state index contributed by atoms with van der Waals surface area (Å²) in [4.78, 5) is 8.73. The molecule has 0 aliphatic carbocycles. The minimum absolute atomic E-state index is 0.0180. The van der Waals surface area contributed by atoms with Crippen molar-refractivity contribution in [2.45, 2.75) is 14.7 Å². The van der Waals surface area contributed by atoms with Gasteiger partial charge in [0.25, 0.3) is 25.8 Å². The smallest absolute Gasteiger partial charge is 0.294 e. The number of phenols is 1. The van der Waals surface area contributed by atoms with E-state index in [1.807, 2.05) is 0 Å². The van der Waals surface area contributed by atoms with E-state index in [1.165, 1.54) is 30.3 Å². The normalized spacial score (nSPS) is 12.6. The first-order chi connectivity index (χ1) is 18.6. The van der Waals surface area contributed by atoms with E-state index >= 15 is 0 Å².